The van der Waals surface area contributed by atoms with Gasteiger partial charge < -0.3 is 20.1 Å². The zero-order chi connectivity index (χ0) is 18.3. The van der Waals surface area contributed by atoms with E-state index >= 15 is 0 Å². The number of hydrogen-bond donors (Lipinski definition) is 3. The highest BCUT2D eigenvalue weighted by molar-refractivity contribution is 6.00. The first-order valence-corrected chi connectivity index (χ1v) is 8.22. The Balaban J connectivity index is 1.80. The minimum absolute atomic E-state index is 0.144. The number of fused-ring (bicyclic) bond motifs is 2. The molecule has 0 saturated heterocycles. The van der Waals surface area contributed by atoms with Crippen molar-refractivity contribution < 1.29 is 19.1 Å². The van der Waals surface area contributed by atoms with Gasteiger partial charge in [-0.15, -0.1) is 0 Å². The Morgan fingerprint density at radius 1 is 1.42 bits per heavy atom. The second-order valence-corrected chi connectivity index (χ2v) is 6.13. The number of anilines is 1. The van der Waals surface area contributed by atoms with E-state index in [1.165, 1.54) is 0 Å². The van der Waals surface area contributed by atoms with Crippen molar-refractivity contribution in [2.24, 2.45) is 0 Å². The van der Waals surface area contributed by atoms with Crippen LogP contribution in [0.15, 0.2) is 23.8 Å². The Bertz CT molecular complexity index is 931. The van der Waals surface area contributed by atoms with Gasteiger partial charge in [-0.3, -0.25) is 14.7 Å². The third kappa shape index (κ3) is 2.50. The van der Waals surface area contributed by atoms with E-state index < -0.39 is 0 Å². The minimum Gasteiger partial charge on any atom is -0.493 e. The van der Waals surface area contributed by atoms with Crippen LogP contribution in [-0.4, -0.2) is 42.8 Å². The Labute approximate surface area is 149 Å². The van der Waals surface area contributed by atoms with Crippen molar-refractivity contribution in [1.29, 1.82) is 0 Å². The number of nitrogens with one attached hydrogen (secondary N) is 3. The lowest BCUT2D eigenvalue weighted by Crippen LogP contribution is -2.28. The van der Waals surface area contributed by atoms with E-state index in [1.54, 1.807) is 14.2 Å². The van der Waals surface area contributed by atoms with Crippen molar-refractivity contribution >= 4 is 23.7 Å². The second kappa shape index (κ2) is 6.21. The van der Waals surface area contributed by atoms with Crippen LogP contribution in [0.25, 0.3) is 6.08 Å². The molecule has 26 heavy (non-hydrogen) atoms. The van der Waals surface area contributed by atoms with Gasteiger partial charge in [-0.1, -0.05) is 12.1 Å². The molecule has 2 aromatic rings. The molecule has 0 bridgehead atoms. The maximum absolute atomic E-state index is 12.2. The number of aromatic amines is 1. The molecule has 0 unspecified atom stereocenters. The van der Waals surface area contributed by atoms with E-state index in [9.17, 15) is 9.59 Å². The van der Waals surface area contributed by atoms with Crippen molar-refractivity contribution in [1.82, 2.24) is 15.5 Å². The molecule has 0 spiro atoms. The third-order valence-electron chi connectivity index (χ3n) is 4.65. The number of nitrogens with zero attached hydrogens (tertiary/aromatic N) is 1. The Kier molecular flexibility index (Phi) is 3.87. The molecule has 1 aromatic heterocycles. The summed E-state index contributed by atoms with van der Waals surface area (Å²) < 4.78 is 11.2. The largest absolute Gasteiger partial charge is 0.493 e. The highest BCUT2D eigenvalue weighted by Crippen LogP contribution is 2.43. The fourth-order valence-electron chi connectivity index (χ4n) is 3.43. The molecule has 0 saturated carbocycles. The molecule has 2 aliphatic rings. The highest BCUT2D eigenvalue weighted by Gasteiger charge is 2.35. The molecule has 8 nitrogen and oxygen atoms in total. The molecule has 8 heteroatoms. The summed E-state index contributed by atoms with van der Waals surface area (Å²) in [6.07, 6.45) is 2.22. The van der Waals surface area contributed by atoms with Crippen LogP contribution < -0.4 is 20.1 Å². The lowest BCUT2D eigenvalue weighted by Gasteiger charge is -2.28. The maximum Gasteiger partial charge on any atom is 0.269 e. The van der Waals surface area contributed by atoms with E-state index in [4.69, 9.17) is 9.47 Å². The first kappa shape index (κ1) is 16.2. The van der Waals surface area contributed by atoms with Gasteiger partial charge in [0.25, 0.3) is 5.91 Å². The van der Waals surface area contributed by atoms with E-state index in [2.05, 4.69) is 20.8 Å². The SMILES string of the molecule is CNC(=O)c1[nH]nc2c1[C@H](C1=Cc3cccc(OC)c3OC1)CC(=O)N2. The highest BCUT2D eigenvalue weighted by atomic mass is 16.5. The van der Waals surface area contributed by atoms with Crippen molar-refractivity contribution in [2.75, 3.05) is 26.1 Å². The first-order valence-electron chi connectivity index (χ1n) is 8.22. The van der Waals surface area contributed by atoms with Crippen LogP contribution in [0.2, 0.25) is 0 Å². The number of benzene rings is 1. The second-order valence-electron chi connectivity index (χ2n) is 6.13. The molecule has 2 amide bonds. The predicted octanol–water partition coefficient (Wildman–Crippen LogP) is 1.68. The first-order chi connectivity index (χ1) is 12.6. The quantitative estimate of drug-likeness (QED) is 0.778. The summed E-state index contributed by atoms with van der Waals surface area (Å²) in [5, 5.41) is 12.1. The molecule has 0 fully saturated rings. The topological polar surface area (TPSA) is 105 Å². The van der Waals surface area contributed by atoms with Gasteiger partial charge in [-0.25, -0.2) is 0 Å². The van der Waals surface area contributed by atoms with Crippen LogP contribution in [0.3, 0.4) is 0 Å². The molecule has 1 atom stereocenters. The van der Waals surface area contributed by atoms with Gasteiger partial charge in [0.1, 0.15) is 12.3 Å². The van der Waals surface area contributed by atoms with Crippen LogP contribution in [0.4, 0.5) is 5.82 Å². The van der Waals surface area contributed by atoms with Gasteiger partial charge in [0.2, 0.25) is 5.91 Å². The fraction of sp³-hybridized carbons (Fsp3) is 0.278. The number of para-hydroxylation sites is 1. The molecular weight excluding hydrogens is 336 g/mol. The van der Waals surface area contributed by atoms with Gasteiger partial charge in [-0.05, 0) is 17.7 Å². The van der Waals surface area contributed by atoms with Gasteiger partial charge in [0, 0.05) is 30.5 Å². The summed E-state index contributed by atoms with van der Waals surface area (Å²) in [5.74, 6) is 1.02. The number of methoxy groups -OCH3 is 1. The number of rotatable bonds is 3. The zero-order valence-corrected chi connectivity index (χ0v) is 14.4. The fourth-order valence-corrected chi connectivity index (χ4v) is 3.43. The summed E-state index contributed by atoms with van der Waals surface area (Å²) in [6.45, 7) is 0.309. The predicted molar refractivity (Wildman–Crippen MR) is 94.4 cm³/mol. The molecule has 134 valence electrons. The lowest BCUT2D eigenvalue weighted by molar-refractivity contribution is -0.116. The van der Waals surface area contributed by atoms with Crippen molar-refractivity contribution in [3.8, 4) is 11.5 Å². The molecule has 4 rings (SSSR count). The van der Waals surface area contributed by atoms with Crippen LogP contribution in [0, 0.1) is 0 Å². The number of ether oxygens (including phenoxy) is 2. The zero-order valence-electron chi connectivity index (χ0n) is 14.4. The third-order valence-corrected chi connectivity index (χ3v) is 4.65. The summed E-state index contributed by atoms with van der Waals surface area (Å²) in [5.41, 5.74) is 2.83. The van der Waals surface area contributed by atoms with Crippen LogP contribution >= 0.6 is 0 Å². The average molecular weight is 354 g/mol. The van der Waals surface area contributed by atoms with Crippen LogP contribution in [-0.2, 0) is 4.79 Å². The Morgan fingerprint density at radius 3 is 3.04 bits per heavy atom. The van der Waals surface area contributed by atoms with Gasteiger partial charge in [0.15, 0.2) is 17.3 Å². The number of amides is 2. The molecular formula is C18H18N4O4. The van der Waals surface area contributed by atoms with Gasteiger partial charge >= 0.3 is 0 Å². The van der Waals surface area contributed by atoms with Crippen molar-refractivity contribution in [2.45, 2.75) is 12.3 Å². The number of aromatic nitrogens is 2. The summed E-state index contributed by atoms with van der Waals surface area (Å²) in [6, 6.07) is 5.65. The molecule has 0 radical (unpaired) electrons. The molecule has 3 heterocycles. The smallest absolute Gasteiger partial charge is 0.269 e. The number of carbonyl (C=O) groups is 2. The molecule has 0 aliphatic carbocycles. The number of hydrogen-bond acceptors (Lipinski definition) is 5. The van der Waals surface area contributed by atoms with Gasteiger partial charge in [0.05, 0.1) is 7.11 Å². The summed E-state index contributed by atoms with van der Waals surface area (Å²) >= 11 is 0. The Morgan fingerprint density at radius 2 is 2.27 bits per heavy atom. The number of H-pyrrole nitrogens is 1. The summed E-state index contributed by atoms with van der Waals surface area (Å²) in [4.78, 5) is 24.3. The normalized spacial score (nSPS) is 18.0. The van der Waals surface area contributed by atoms with Crippen molar-refractivity contribution in [3.63, 3.8) is 0 Å². The van der Waals surface area contributed by atoms with E-state index in [0.717, 1.165) is 11.1 Å². The minimum atomic E-state index is -0.288. The van der Waals surface area contributed by atoms with Crippen LogP contribution in [0.5, 0.6) is 11.5 Å². The average Bonchev–Trinajstić information content (AvgIpc) is 3.09. The lowest BCUT2D eigenvalue weighted by atomic mass is 9.83. The van der Waals surface area contributed by atoms with Crippen LogP contribution in [0.1, 0.15) is 34.0 Å². The van der Waals surface area contributed by atoms with E-state index in [-0.39, 0.29) is 24.2 Å². The van der Waals surface area contributed by atoms with Gasteiger partial charge in [-0.2, -0.15) is 5.10 Å². The monoisotopic (exact) mass is 354 g/mol. The number of carbonyl (C=O) groups excluding carboxylic acids is 2. The molecule has 2 aliphatic heterocycles. The summed E-state index contributed by atoms with van der Waals surface area (Å²) in [7, 11) is 3.15. The Hall–Kier alpha value is -3.29. The maximum atomic E-state index is 12.2. The van der Waals surface area contributed by atoms with E-state index in [1.807, 2.05) is 24.3 Å². The standard InChI is InChI=1S/C18H18N4O4/c1-19-18(24)15-14-11(7-13(23)20-17(14)22-21-15)10-6-9-4-3-5-12(25-2)16(9)26-8-10/h3-6,11H,7-8H2,1-2H3,(H,19,24)(H2,20,21,22,23)/t11-/m0/s1. The molecule has 3 N–H and O–H groups in total. The van der Waals surface area contributed by atoms with E-state index in [0.29, 0.717) is 35.2 Å². The molecule has 1 aromatic carbocycles. The van der Waals surface area contributed by atoms with Crippen molar-refractivity contribution in [3.05, 3.63) is 40.6 Å².